The second-order valence-electron chi connectivity index (χ2n) is 5.43. The summed E-state index contributed by atoms with van der Waals surface area (Å²) in [6.45, 7) is 1.75. The minimum absolute atomic E-state index is 0.372. The molecule has 1 amide bonds. The van der Waals surface area contributed by atoms with E-state index in [1.807, 2.05) is 0 Å². The molecule has 26 heavy (non-hydrogen) atoms. The molecule has 3 rings (SSSR count). The number of pyridine rings is 1. The molecular formula is C18H17ClN4O3. The van der Waals surface area contributed by atoms with Gasteiger partial charge in [0.05, 0.1) is 31.2 Å². The highest BCUT2D eigenvalue weighted by Gasteiger charge is 2.16. The van der Waals surface area contributed by atoms with Gasteiger partial charge in [-0.15, -0.1) is 0 Å². The standard InChI is InChI=1S/C18H17ClN4O3/c1-11-17(23-10-13(19)4-7-16(23)21-11)18(24)22-20-9-12-8-14(25-2)5-6-15(12)26-3/h4-10H,1-3H3,(H,22,24). The summed E-state index contributed by atoms with van der Waals surface area (Å²) in [5.74, 6) is 0.878. The van der Waals surface area contributed by atoms with E-state index < -0.39 is 5.91 Å². The number of benzene rings is 1. The van der Waals surface area contributed by atoms with Gasteiger partial charge in [-0.3, -0.25) is 9.20 Å². The van der Waals surface area contributed by atoms with Gasteiger partial charge in [-0.2, -0.15) is 5.10 Å². The van der Waals surface area contributed by atoms with E-state index in [1.54, 1.807) is 62.1 Å². The van der Waals surface area contributed by atoms with Gasteiger partial charge in [0.2, 0.25) is 0 Å². The van der Waals surface area contributed by atoms with Gasteiger partial charge in [-0.05, 0) is 37.3 Å². The van der Waals surface area contributed by atoms with Crippen molar-refractivity contribution in [3.8, 4) is 11.5 Å². The van der Waals surface area contributed by atoms with Gasteiger partial charge in [0.15, 0.2) is 0 Å². The third-order valence-electron chi connectivity index (χ3n) is 3.78. The summed E-state index contributed by atoms with van der Waals surface area (Å²) in [5.41, 5.74) is 4.77. The molecule has 2 heterocycles. The zero-order valence-corrected chi connectivity index (χ0v) is 15.2. The van der Waals surface area contributed by atoms with E-state index in [-0.39, 0.29) is 0 Å². The van der Waals surface area contributed by atoms with Crippen LogP contribution in [-0.4, -0.2) is 35.7 Å². The molecule has 0 bridgehead atoms. The number of methoxy groups -OCH3 is 2. The Kier molecular flexibility index (Phi) is 5.09. The fourth-order valence-corrected chi connectivity index (χ4v) is 2.72. The molecular weight excluding hydrogens is 356 g/mol. The lowest BCUT2D eigenvalue weighted by Gasteiger charge is -2.07. The zero-order valence-electron chi connectivity index (χ0n) is 14.5. The lowest BCUT2D eigenvalue weighted by molar-refractivity contribution is 0.0948. The van der Waals surface area contributed by atoms with Gasteiger partial charge in [0.25, 0.3) is 5.91 Å². The fourth-order valence-electron chi connectivity index (χ4n) is 2.56. The highest BCUT2D eigenvalue weighted by atomic mass is 35.5. The van der Waals surface area contributed by atoms with Crippen molar-refractivity contribution in [1.29, 1.82) is 0 Å². The van der Waals surface area contributed by atoms with Gasteiger partial charge in [-0.1, -0.05) is 11.6 Å². The van der Waals surface area contributed by atoms with Crippen LogP contribution in [0.1, 0.15) is 21.7 Å². The predicted molar refractivity (Wildman–Crippen MR) is 99.5 cm³/mol. The van der Waals surface area contributed by atoms with Gasteiger partial charge in [0.1, 0.15) is 22.8 Å². The number of hydrogen-bond acceptors (Lipinski definition) is 5. The Balaban J connectivity index is 1.85. The number of nitrogens with one attached hydrogen (secondary N) is 1. The van der Waals surface area contributed by atoms with Crippen molar-refractivity contribution in [3.63, 3.8) is 0 Å². The summed E-state index contributed by atoms with van der Waals surface area (Å²) in [5, 5.41) is 4.53. The lowest BCUT2D eigenvalue weighted by Crippen LogP contribution is -2.20. The van der Waals surface area contributed by atoms with Crippen molar-refractivity contribution in [2.45, 2.75) is 6.92 Å². The van der Waals surface area contributed by atoms with E-state index in [4.69, 9.17) is 21.1 Å². The first-order valence-corrected chi connectivity index (χ1v) is 8.11. The molecule has 0 saturated heterocycles. The number of aromatic nitrogens is 2. The lowest BCUT2D eigenvalue weighted by atomic mass is 10.2. The van der Waals surface area contributed by atoms with Crippen LogP contribution in [0.4, 0.5) is 0 Å². The molecule has 0 saturated carbocycles. The summed E-state index contributed by atoms with van der Waals surface area (Å²) in [4.78, 5) is 16.9. The Bertz CT molecular complexity index is 998. The molecule has 0 spiro atoms. The van der Waals surface area contributed by atoms with Gasteiger partial charge in [-0.25, -0.2) is 10.4 Å². The molecule has 1 N–H and O–H groups in total. The summed E-state index contributed by atoms with van der Waals surface area (Å²) < 4.78 is 12.1. The second-order valence-corrected chi connectivity index (χ2v) is 5.86. The van der Waals surface area contributed by atoms with Gasteiger partial charge >= 0.3 is 0 Å². The Morgan fingerprint density at radius 1 is 1.27 bits per heavy atom. The fraction of sp³-hybridized carbons (Fsp3) is 0.167. The molecule has 3 aromatic rings. The summed E-state index contributed by atoms with van der Waals surface area (Å²) in [7, 11) is 3.13. The van der Waals surface area contributed by atoms with Crippen LogP contribution in [-0.2, 0) is 0 Å². The van der Waals surface area contributed by atoms with Gasteiger partial charge < -0.3 is 9.47 Å². The number of nitrogens with zero attached hydrogens (tertiary/aromatic N) is 3. The molecule has 7 nitrogen and oxygen atoms in total. The van der Waals surface area contributed by atoms with Crippen molar-refractivity contribution in [3.05, 3.63) is 58.5 Å². The minimum atomic E-state index is -0.393. The molecule has 0 radical (unpaired) electrons. The number of aryl methyl sites for hydroxylation is 1. The molecule has 8 heteroatoms. The number of hydrogen-bond donors (Lipinski definition) is 1. The average Bonchev–Trinajstić information content (AvgIpc) is 2.96. The number of rotatable bonds is 5. The smallest absolute Gasteiger partial charge is 0.290 e. The van der Waals surface area contributed by atoms with E-state index >= 15 is 0 Å². The van der Waals surface area contributed by atoms with Crippen LogP contribution in [0.25, 0.3) is 5.65 Å². The number of halogens is 1. The molecule has 0 unspecified atom stereocenters. The maximum atomic E-state index is 12.5. The number of ether oxygens (including phenoxy) is 2. The highest BCUT2D eigenvalue weighted by molar-refractivity contribution is 6.30. The van der Waals surface area contributed by atoms with E-state index in [1.165, 1.54) is 6.21 Å². The third kappa shape index (κ3) is 3.48. The molecule has 0 aliphatic carbocycles. The van der Waals surface area contributed by atoms with Crippen LogP contribution in [0.5, 0.6) is 11.5 Å². The molecule has 0 aliphatic rings. The quantitative estimate of drug-likeness (QED) is 0.551. The van der Waals surface area contributed by atoms with Crippen molar-refractivity contribution < 1.29 is 14.3 Å². The number of amides is 1. The monoisotopic (exact) mass is 372 g/mol. The molecule has 2 aromatic heterocycles. The number of hydrazone groups is 1. The Morgan fingerprint density at radius 2 is 2.08 bits per heavy atom. The largest absolute Gasteiger partial charge is 0.497 e. The van der Waals surface area contributed by atoms with Crippen molar-refractivity contribution >= 4 is 29.4 Å². The van der Waals surface area contributed by atoms with Crippen LogP contribution in [0.2, 0.25) is 5.02 Å². The Labute approximate surface area is 155 Å². The number of fused-ring (bicyclic) bond motifs is 1. The van der Waals surface area contributed by atoms with Crippen LogP contribution in [0.3, 0.4) is 0 Å². The Morgan fingerprint density at radius 3 is 2.81 bits per heavy atom. The maximum Gasteiger partial charge on any atom is 0.290 e. The maximum absolute atomic E-state index is 12.5. The summed E-state index contributed by atoms with van der Waals surface area (Å²) in [6, 6.07) is 8.77. The highest BCUT2D eigenvalue weighted by Crippen LogP contribution is 2.22. The van der Waals surface area contributed by atoms with Crippen LogP contribution >= 0.6 is 11.6 Å². The van der Waals surface area contributed by atoms with E-state index in [2.05, 4.69) is 15.5 Å². The van der Waals surface area contributed by atoms with Crippen LogP contribution in [0.15, 0.2) is 41.6 Å². The molecule has 134 valence electrons. The van der Waals surface area contributed by atoms with Crippen molar-refractivity contribution in [1.82, 2.24) is 14.8 Å². The van der Waals surface area contributed by atoms with Crippen LogP contribution in [0, 0.1) is 6.92 Å². The second kappa shape index (κ2) is 7.45. The van der Waals surface area contributed by atoms with E-state index in [0.29, 0.717) is 39.1 Å². The van der Waals surface area contributed by atoms with Crippen molar-refractivity contribution in [2.24, 2.45) is 5.10 Å². The molecule has 0 atom stereocenters. The Hall–Kier alpha value is -3.06. The number of imidazole rings is 1. The normalized spacial score (nSPS) is 11.1. The topological polar surface area (TPSA) is 77.2 Å². The minimum Gasteiger partial charge on any atom is -0.497 e. The predicted octanol–water partition coefficient (Wildman–Crippen LogP) is 3.08. The first kappa shape index (κ1) is 17.8. The number of carbonyl (C=O) groups excluding carboxylic acids is 1. The first-order valence-electron chi connectivity index (χ1n) is 7.73. The third-order valence-corrected chi connectivity index (χ3v) is 4.00. The average molecular weight is 373 g/mol. The first-order chi connectivity index (χ1) is 12.5. The molecule has 0 fully saturated rings. The summed E-state index contributed by atoms with van der Waals surface area (Å²) >= 11 is 6.02. The van der Waals surface area contributed by atoms with E-state index in [9.17, 15) is 4.79 Å². The number of carbonyl (C=O) groups is 1. The summed E-state index contributed by atoms with van der Waals surface area (Å²) in [6.07, 6.45) is 3.13. The SMILES string of the molecule is COc1ccc(OC)c(C=NNC(=O)c2c(C)nc3ccc(Cl)cn23)c1. The molecule has 0 aliphatic heterocycles. The molecule has 1 aromatic carbocycles. The van der Waals surface area contributed by atoms with Crippen LogP contribution < -0.4 is 14.9 Å². The van der Waals surface area contributed by atoms with Crippen molar-refractivity contribution in [2.75, 3.05) is 14.2 Å². The zero-order chi connectivity index (χ0) is 18.7. The van der Waals surface area contributed by atoms with E-state index in [0.717, 1.165) is 0 Å². The van der Waals surface area contributed by atoms with Gasteiger partial charge in [0, 0.05) is 11.8 Å².